The number of carbonyl (C=O) groups is 1. The van der Waals surface area contributed by atoms with Crippen molar-refractivity contribution >= 4 is 28.7 Å². The van der Waals surface area contributed by atoms with E-state index in [0.29, 0.717) is 10.8 Å². The molecule has 0 fully saturated rings. The van der Waals surface area contributed by atoms with Gasteiger partial charge < -0.3 is 9.26 Å². The number of carbonyl (C=O) groups excluding carboxylic acids is 1. The zero-order valence-electron chi connectivity index (χ0n) is 14.4. The Labute approximate surface area is 160 Å². The van der Waals surface area contributed by atoms with E-state index in [0.717, 1.165) is 12.1 Å². The predicted octanol–water partition coefficient (Wildman–Crippen LogP) is 4.44. The highest BCUT2D eigenvalue weighted by molar-refractivity contribution is 7.14. The molecule has 0 aliphatic rings. The van der Waals surface area contributed by atoms with Crippen molar-refractivity contribution in [2.24, 2.45) is 5.10 Å². The lowest BCUT2D eigenvalue weighted by molar-refractivity contribution is -0.137. The van der Waals surface area contributed by atoms with Crippen LogP contribution in [0.25, 0.3) is 11.5 Å². The van der Waals surface area contributed by atoms with Crippen LogP contribution in [-0.4, -0.2) is 28.9 Å². The molecule has 2 aromatic heterocycles. The number of aromatic nitrogens is 2. The lowest BCUT2D eigenvalue weighted by Gasteiger charge is -2.06. The van der Waals surface area contributed by atoms with Crippen molar-refractivity contribution < 1.29 is 27.2 Å². The molecule has 0 aliphatic heterocycles. The maximum atomic E-state index is 12.7. The lowest BCUT2D eigenvalue weighted by Crippen LogP contribution is -2.05. The molecule has 28 heavy (non-hydrogen) atoms. The van der Waals surface area contributed by atoms with Crippen LogP contribution >= 0.6 is 11.3 Å². The fourth-order valence-corrected chi connectivity index (χ4v) is 2.74. The second kappa shape index (κ2) is 8.21. The van der Waals surface area contributed by atoms with Crippen molar-refractivity contribution in [2.45, 2.75) is 13.1 Å². The molecule has 3 aromatic rings. The number of benzene rings is 1. The summed E-state index contributed by atoms with van der Waals surface area (Å²) in [5, 5.41) is 9.54. The number of hydrogen-bond donors (Lipinski definition) is 1. The van der Waals surface area contributed by atoms with E-state index in [1.807, 2.05) is 0 Å². The number of hydrogen-bond acceptors (Lipinski definition) is 8. The third-order valence-electron chi connectivity index (χ3n) is 3.34. The third-order valence-corrected chi connectivity index (χ3v) is 4.09. The fraction of sp³-hybridized carbons (Fsp3) is 0.176. The van der Waals surface area contributed by atoms with Crippen LogP contribution in [0.4, 0.5) is 18.3 Å². The smallest absolute Gasteiger partial charge is 0.416 e. The number of nitrogens with one attached hydrogen (secondary N) is 1. The van der Waals surface area contributed by atoms with Crippen LogP contribution in [0.5, 0.6) is 0 Å². The van der Waals surface area contributed by atoms with Crippen molar-refractivity contribution in [3.8, 4) is 11.5 Å². The molecule has 0 bridgehead atoms. The summed E-state index contributed by atoms with van der Waals surface area (Å²) in [5.74, 6) is -0.328. The zero-order chi connectivity index (χ0) is 20.1. The molecular formula is C17H13F3N4O3S. The fourth-order valence-electron chi connectivity index (χ4n) is 2.09. The van der Waals surface area contributed by atoms with Crippen molar-refractivity contribution in [3.05, 3.63) is 52.5 Å². The normalized spacial score (nSPS) is 11.7. The first-order valence-electron chi connectivity index (χ1n) is 7.93. The second-order valence-corrected chi connectivity index (χ2v) is 6.19. The quantitative estimate of drug-likeness (QED) is 0.367. The Morgan fingerprint density at radius 2 is 2.21 bits per heavy atom. The molecular weight excluding hydrogens is 397 g/mol. The van der Waals surface area contributed by atoms with Gasteiger partial charge in [0.2, 0.25) is 5.13 Å². The molecule has 7 nitrogen and oxygen atoms in total. The van der Waals surface area contributed by atoms with Crippen molar-refractivity contribution in [1.82, 2.24) is 10.1 Å². The van der Waals surface area contributed by atoms with E-state index in [2.05, 4.69) is 20.7 Å². The highest BCUT2D eigenvalue weighted by Crippen LogP contribution is 2.29. The van der Waals surface area contributed by atoms with E-state index in [1.54, 1.807) is 12.3 Å². The molecule has 0 spiro atoms. The van der Waals surface area contributed by atoms with Gasteiger partial charge in [0.25, 0.3) is 0 Å². The van der Waals surface area contributed by atoms with Gasteiger partial charge in [0.1, 0.15) is 5.69 Å². The number of alkyl halides is 3. The van der Waals surface area contributed by atoms with Gasteiger partial charge in [0, 0.05) is 11.4 Å². The maximum absolute atomic E-state index is 12.7. The van der Waals surface area contributed by atoms with Crippen molar-refractivity contribution in [3.63, 3.8) is 0 Å². The van der Waals surface area contributed by atoms with Crippen LogP contribution in [0.1, 0.15) is 28.5 Å². The summed E-state index contributed by atoms with van der Waals surface area (Å²) in [4.78, 5) is 15.8. The summed E-state index contributed by atoms with van der Waals surface area (Å²) >= 11 is 1.19. The average Bonchev–Trinajstić information content (AvgIpc) is 3.31. The molecule has 0 saturated carbocycles. The standard InChI is InChI=1S/C17H13F3N4O3S/c1-2-26-15(25)12-7-14(27-24-12)13-9-28-16(22-13)23-21-8-10-4-3-5-11(6-10)17(18,19)20/h3-9H,2H2,1H3,(H,22,23). The molecule has 0 saturated heterocycles. The minimum Gasteiger partial charge on any atom is -0.461 e. The Balaban J connectivity index is 1.65. The third kappa shape index (κ3) is 4.74. The zero-order valence-corrected chi connectivity index (χ0v) is 15.2. The number of nitrogens with zero attached hydrogens (tertiary/aromatic N) is 3. The Hall–Kier alpha value is -3.21. The number of ether oxygens (including phenoxy) is 1. The molecule has 0 amide bonds. The van der Waals surface area contributed by atoms with Gasteiger partial charge in [-0.15, -0.1) is 11.3 Å². The summed E-state index contributed by atoms with van der Waals surface area (Å²) in [6.07, 6.45) is -3.16. The highest BCUT2D eigenvalue weighted by Gasteiger charge is 2.30. The topological polar surface area (TPSA) is 89.6 Å². The minimum atomic E-state index is -4.42. The van der Waals surface area contributed by atoms with Crippen molar-refractivity contribution in [1.29, 1.82) is 0 Å². The first-order chi connectivity index (χ1) is 13.4. The van der Waals surface area contributed by atoms with Crippen molar-refractivity contribution in [2.75, 3.05) is 12.0 Å². The molecule has 11 heteroatoms. The van der Waals surface area contributed by atoms with E-state index in [9.17, 15) is 18.0 Å². The molecule has 0 atom stereocenters. The maximum Gasteiger partial charge on any atom is 0.416 e. The molecule has 3 rings (SSSR count). The largest absolute Gasteiger partial charge is 0.461 e. The summed E-state index contributed by atoms with van der Waals surface area (Å²) in [6, 6.07) is 6.18. The van der Waals surface area contributed by atoms with Crippen LogP contribution in [0, 0.1) is 0 Å². The number of esters is 1. The summed E-state index contributed by atoms with van der Waals surface area (Å²) in [5.41, 5.74) is 2.62. The number of rotatable bonds is 6. The van der Waals surface area contributed by atoms with E-state index >= 15 is 0 Å². The van der Waals surface area contributed by atoms with E-state index in [1.165, 1.54) is 35.8 Å². The minimum absolute atomic E-state index is 0.0296. The number of hydrazone groups is 1. The lowest BCUT2D eigenvalue weighted by atomic mass is 10.1. The Morgan fingerprint density at radius 1 is 1.39 bits per heavy atom. The number of anilines is 1. The van der Waals surface area contributed by atoms with Gasteiger partial charge in [-0.1, -0.05) is 17.3 Å². The molecule has 0 unspecified atom stereocenters. The van der Waals surface area contributed by atoms with Crippen LogP contribution in [-0.2, 0) is 10.9 Å². The molecule has 0 aliphatic carbocycles. The predicted molar refractivity (Wildman–Crippen MR) is 96.2 cm³/mol. The molecule has 1 N–H and O–H groups in total. The van der Waals surface area contributed by atoms with Crippen LogP contribution in [0.3, 0.4) is 0 Å². The van der Waals surface area contributed by atoms with E-state index in [-0.39, 0.29) is 23.6 Å². The van der Waals surface area contributed by atoms with Gasteiger partial charge >= 0.3 is 12.1 Å². The molecule has 146 valence electrons. The Bertz CT molecular complexity index is 997. The monoisotopic (exact) mass is 410 g/mol. The summed E-state index contributed by atoms with van der Waals surface area (Å²) in [6.45, 7) is 1.90. The van der Waals surface area contributed by atoms with Gasteiger partial charge in [-0.3, -0.25) is 5.43 Å². The highest BCUT2D eigenvalue weighted by atomic mass is 32.1. The molecule has 1 aromatic carbocycles. The van der Waals surface area contributed by atoms with Gasteiger partial charge in [0.15, 0.2) is 11.5 Å². The summed E-state index contributed by atoms with van der Waals surface area (Å²) < 4.78 is 48.0. The van der Waals surface area contributed by atoms with E-state index < -0.39 is 17.7 Å². The molecule has 2 heterocycles. The van der Waals surface area contributed by atoms with Crippen LogP contribution in [0.2, 0.25) is 0 Å². The molecule has 0 radical (unpaired) electrons. The Morgan fingerprint density at radius 3 is 2.96 bits per heavy atom. The summed E-state index contributed by atoms with van der Waals surface area (Å²) in [7, 11) is 0. The van der Waals surface area contributed by atoms with Crippen LogP contribution < -0.4 is 5.43 Å². The number of halogens is 3. The van der Waals surface area contributed by atoms with Gasteiger partial charge in [-0.05, 0) is 24.6 Å². The Kier molecular flexibility index (Phi) is 5.73. The van der Waals surface area contributed by atoms with Gasteiger partial charge in [-0.2, -0.15) is 18.3 Å². The van der Waals surface area contributed by atoms with Crippen LogP contribution in [0.15, 0.2) is 45.3 Å². The SMILES string of the molecule is CCOC(=O)c1cc(-c2csc(NN=Cc3cccc(C(F)(F)F)c3)n2)on1. The van der Waals surface area contributed by atoms with Gasteiger partial charge in [-0.25, -0.2) is 9.78 Å². The number of thiazole rings is 1. The second-order valence-electron chi connectivity index (χ2n) is 5.33. The van der Waals surface area contributed by atoms with Gasteiger partial charge in [0.05, 0.1) is 18.4 Å². The average molecular weight is 410 g/mol. The first-order valence-corrected chi connectivity index (χ1v) is 8.81. The van der Waals surface area contributed by atoms with E-state index in [4.69, 9.17) is 9.26 Å². The first kappa shape index (κ1) is 19.5.